The van der Waals surface area contributed by atoms with Crippen molar-refractivity contribution in [2.75, 3.05) is 11.9 Å². The van der Waals surface area contributed by atoms with E-state index in [0.717, 1.165) is 0 Å². The molecule has 1 fully saturated rings. The Hall–Kier alpha value is -2.04. The average Bonchev–Trinajstić information content (AvgIpc) is 2.89. The number of rotatable bonds is 4. The van der Waals surface area contributed by atoms with Crippen LogP contribution in [0.25, 0.3) is 0 Å². The first kappa shape index (κ1) is 14.4. The fourth-order valence-corrected chi connectivity index (χ4v) is 2.61. The van der Waals surface area contributed by atoms with Gasteiger partial charge < -0.3 is 15.7 Å². The van der Waals surface area contributed by atoms with E-state index in [1.54, 1.807) is 19.1 Å². The zero-order valence-corrected chi connectivity index (χ0v) is 11.6. The van der Waals surface area contributed by atoms with Crippen molar-refractivity contribution in [1.29, 1.82) is 0 Å². The van der Waals surface area contributed by atoms with Crippen LogP contribution in [0.2, 0.25) is 0 Å². The molecule has 5 heteroatoms. The molecule has 0 atom stereocenters. The molecule has 5 nitrogen and oxygen atoms in total. The number of hydrogen-bond acceptors (Lipinski definition) is 2. The van der Waals surface area contributed by atoms with Gasteiger partial charge in [-0.1, -0.05) is 12.8 Å². The first-order chi connectivity index (χ1) is 9.56. The van der Waals surface area contributed by atoms with Crippen LogP contribution in [0.15, 0.2) is 18.2 Å². The molecule has 1 saturated carbocycles. The molecule has 0 heterocycles. The minimum absolute atomic E-state index is 0.237. The highest BCUT2D eigenvalue weighted by atomic mass is 16.4. The molecule has 0 aromatic heterocycles. The number of aryl methyl sites for hydroxylation is 1. The van der Waals surface area contributed by atoms with Crippen LogP contribution in [0, 0.1) is 12.8 Å². The molecule has 20 heavy (non-hydrogen) atoms. The summed E-state index contributed by atoms with van der Waals surface area (Å²) < 4.78 is 0. The molecule has 1 aromatic carbocycles. The predicted molar refractivity (Wildman–Crippen MR) is 77.1 cm³/mol. The molecule has 108 valence electrons. The van der Waals surface area contributed by atoms with E-state index in [1.165, 1.54) is 31.7 Å². The van der Waals surface area contributed by atoms with Gasteiger partial charge in [0.1, 0.15) is 0 Å². The van der Waals surface area contributed by atoms with Crippen LogP contribution in [0.5, 0.6) is 0 Å². The maximum atomic E-state index is 11.8. The number of anilines is 1. The second kappa shape index (κ2) is 6.41. The predicted octanol–water partition coefficient (Wildman–Crippen LogP) is 3.00. The highest BCUT2D eigenvalue weighted by Crippen LogP contribution is 2.23. The number of benzene rings is 1. The number of amides is 2. The lowest BCUT2D eigenvalue weighted by atomic mass is 10.1. The van der Waals surface area contributed by atoms with Crippen molar-refractivity contribution in [1.82, 2.24) is 5.32 Å². The van der Waals surface area contributed by atoms with E-state index in [-0.39, 0.29) is 11.6 Å². The van der Waals surface area contributed by atoms with Gasteiger partial charge in [-0.2, -0.15) is 0 Å². The Morgan fingerprint density at radius 3 is 2.60 bits per heavy atom. The lowest BCUT2D eigenvalue weighted by Crippen LogP contribution is -2.32. The Morgan fingerprint density at radius 2 is 2.00 bits per heavy atom. The highest BCUT2D eigenvalue weighted by Gasteiger charge is 2.15. The van der Waals surface area contributed by atoms with Crippen molar-refractivity contribution in [2.45, 2.75) is 32.6 Å². The van der Waals surface area contributed by atoms with Crippen LogP contribution in [0.4, 0.5) is 10.5 Å². The maximum absolute atomic E-state index is 11.8. The summed E-state index contributed by atoms with van der Waals surface area (Å²) in [5, 5.41) is 14.5. The van der Waals surface area contributed by atoms with Crippen LogP contribution in [-0.2, 0) is 0 Å². The van der Waals surface area contributed by atoms with Crippen molar-refractivity contribution in [3.05, 3.63) is 29.3 Å². The Kier molecular flexibility index (Phi) is 4.61. The Bertz CT molecular complexity index is 508. The zero-order chi connectivity index (χ0) is 14.5. The molecular formula is C15H20N2O3. The Labute approximate surface area is 118 Å². The molecule has 1 aliphatic rings. The van der Waals surface area contributed by atoms with E-state index in [0.29, 0.717) is 23.7 Å². The van der Waals surface area contributed by atoms with Gasteiger partial charge in [0.25, 0.3) is 0 Å². The minimum atomic E-state index is -0.959. The standard InChI is InChI=1S/C15H20N2O3/c1-10-8-12(6-7-13(10)14(18)19)17-15(20)16-9-11-4-2-3-5-11/h6-8,11H,2-5,9H2,1H3,(H,18,19)(H2,16,17,20). The monoisotopic (exact) mass is 276 g/mol. The number of nitrogens with one attached hydrogen (secondary N) is 2. The van der Waals surface area contributed by atoms with Gasteiger partial charge in [-0.05, 0) is 49.4 Å². The number of aromatic carboxylic acids is 1. The molecule has 3 N–H and O–H groups in total. The van der Waals surface area contributed by atoms with Gasteiger partial charge in [-0.3, -0.25) is 0 Å². The molecular weight excluding hydrogens is 256 g/mol. The van der Waals surface area contributed by atoms with Gasteiger partial charge in [0.15, 0.2) is 0 Å². The van der Waals surface area contributed by atoms with E-state index in [2.05, 4.69) is 10.6 Å². The number of carbonyl (C=O) groups excluding carboxylic acids is 1. The summed E-state index contributed by atoms with van der Waals surface area (Å²) >= 11 is 0. The molecule has 0 aliphatic heterocycles. The fourth-order valence-electron chi connectivity index (χ4n) is 2.61. The normalized spacial score (nSPS) is 15.1. The third-order valence-electron chi connectivity index (χ3n) is 3.74. The van der Waals surface area contributed by atoms with E-state index in [1.807, 2.05) is 0 Å². The minimum Gasteiger partial charge on any atom is -0.478 e. The van der Waals surface area contributed by atoms with E-state index in [4.69, 9.17) is 5.11 Å². The third-order valence-corrected chi connectivity index (χ3v) is 3.74. The van der Waals surface area contributed by atoms with Crippen molar-refractivity contribution < 1.29 is 14.7 Å². The molecule has 1 aliphatic carbocycles. The SMILES string of the molecule is Cc1cc(NC(=O)NCC2CCCC2)ccc1C(=O)O. The molecule has 0 unspecified atom stereocenters. The van der Waals surface area contributed by atoms with Gasteiger partial charge in [-0.25, -0.2) is 9.59 Å². The van der Waals surface area contributed by atoms with E-state index < -0.39 is 5.97 Å². The van der Waals surface area contributed by atoms with Gasteiger partial charge in [0, 0.05) is 12.2 Å². The summed E-state index contributed by atoms with van der Waals surface area (Å²) in [4.78, 5) is 22.7. The first-order valence-electron chi connectivity index (χ1n) is 6.95. The van der Waals surface area contributed by atoms with Crippen molar-refractivity contribution >= 4 is 17.7 Å². The lowest BCUT2D eigenvalue weighted by Gasteiger charge is -2.12. The Morgan fingerprint density at radius 1 is 1.30 bits per heavy atom. The summed E-state index contributed by atoms with van der Waals surface area (Å²) in [5.74, 6) is -0.364. The zero-order valence-electron chi connectivity index (χ0n) is 11.6. The molecule has 0 saturated heterocycles. The third kappa shape index (κ3) is 3.73. The van der Waals surface area contributed by atoms with Gasteiger partial charge in [-0.15, -0.1) is 0 Å². The number of urea groups is 1. The number of carboxylic acids is 1. The summed E-state index contributed by atoms with van der Waals surface area (Å²) in [6.45, 7) is 2.42. The molecule has 0 bridgehead atoms. The molecule has 2 rings (SSSR count). The first-order valence-corrected chi connectivity index (χ1v) is 6.95. The molecule has 0 radical (unpaired) electrons. The van der Waals surface area contributed by atoms with Crippen LogP contribution in [0.1, 0.15) is 41.6 Å². The van der Waals surface area contributed by atoms with Crippen LogP contribution < -0.4 is 10.6 Å². The summed E-state index contributed by atoms with van der Waals surface area (Å²) in [6.07, 6.45) is 4.88. The molecule has 0 spiro atoms. The van der Waals surface area contributed by atoms with Crippen LogP contribution in [-0.4, -0.2) is 23.7 Å². The average molecular weight is 276 g/mol. The maximum Gasteiger partial charge on any atom is 0.335 e. The quantitative estimate of drug-likeness (QED) is 0.791. The summed E-state index contributed by atoms with van der Waals surface area (Å²) in [5.41, 5.74) is 1.49. The number of carbonyl (C=O) groups is 2. The van der Waals surface area contributed by atoms with Gasteiger partial charge in [0.05, 0.1) is 5.56 Å². The second-order valence-electron chi connectivity index (χ2n) is 5.32. The Balaban J connectivity index is 1.87. The summed E-state index contributed by atoms with van der Waals surface area (Å²) in [7, 11) is 0. The van der Waals surface area contributed by atoms with E-state index >= 15 is 0 Å². The van der Waals surface area contributed by atoms with E-state index in [9.17, 15) is 9.59 Å². The van der Waals surface area contributed by atoms with Gasteiger partial charge in [0.2, 0.25) is 0 Å². The smallest absolute Gasteiger partial charge is 0.335 e. The van der Waals surface area contributed by atoms with Crippen molar-refractivity contribution in [3.8, 4) is 0 Å². The molecule has 1 aromatic rings. The topological polar surface area (TPSA) is 78.4 Å². The number of carboxylic acid groups (broad SMARTS) is 1. The highest BCUT2D eigenvalue weighted by molar-refractivity contribution is 5.92. The number of hydrogen-bond donors (Lipinski definition) is 3. The largest absolute Gasteiger partial charge is 0.478 e. The second-order valence-corrected chi connectivity index (χ2v) is 5.32. The van der Waals surface area contributed by atoms with Crippen molar-refractivity contribution in [2.24, 2.45) is 5.92 Å². The lowest BCUT2D eigenvalue weighted by molar-refractivity contribution is 0.0696. The van der Waals surface area contributed by atoms with Crippen LogP contribution in [0.3, 0.4) is 0 Å². The molecule has 2 amide bonds. The van der Waals surface area contributed by atoms with Crippen LogP contribution >= 0.6 is 0 Å². The summed E-state index contributed by atoms with van der Waals surface area (Å²) in [6, 6.07) is 4.54. The van der Waals surface area contributed by atoms with Crippen molar-refractivity contribution in [3.63, 3.8) is 0 Å². The fraction of sp³-hybridized carbons (Fsp3) is 0.467. The van der Waals surface area contributed by atoms with Gasteiger partial charge >= 0.3 is 12.0 Å².